The van der Waals surface area contributed by atoms with Crippen LogP contribution in [-0.4, -0.2) is 29.8 Å². The molecule has 0 aliphatic carbocycles. The van der Waals surface area contributed by atoms with Gasteiger partial charge in [0.2, 0.25) is 11.8 Å². The standard InChI is InChI=1S/C22H27ClN2O2/c1-5-20(22(27)24-4)25(14-17-8-10-19(23)11-9-17)21(26)13-18-7-6-15(2)16(3)12-18/h6-12,20H,5,13-14H2,1-4H3,(H,24,27). The number of rotatable bonds is 7. The summed E-state index contributed by atoms with van der Waals surface area (Å²) in [6.07, 6.45) is 0.814. The van der Waals surface area contributed by atoms with Crippen molar-refractivity contribution in [2.45, 2.75) is 46.2 Å². The van der Waals surface area contributed by atoms with Gasteiger partial charge in [0.1, 0.15) is 6.04 Å². The van der Waals surface area contributed by atoms with Gasteiger partial charge in [0.15, 0.2) is 0 Å². The van der Waals surface area contributed by atoms with Crippen molar-refractivity contribution in [1.29, 1.82) is 0 Å². The van der Waals surface area contributed by atoms with E-state index in [0.29, 0.717) is 18.0 Å². The molecule has 2 rings (SSSR count). The normalized spacial score (nSPS) is 11.7. The Morgan fingerprint density at radius 3 is 2.22 bits per heavy atom. The molecule has 5 heteroatoms. The van der Waals surface area contributed by atoms with Crippen LogP contribution in [0.2, 0.25) is 5.02 Å². The van der Waals surface area contributed by atoms with Crippen LogP contribution < -0.4 is 5.32 Å². The van der Waals surface area contributed by atoms with Crippen LogP contribution in [0.5, 0.6) is 0 Å². The zero-order chi connectivity index (χ0) is 20.0. The van der Waals surface area contributed by atoms with E-state index in [0.717, 1.165) is 16.7 Å². The minimum atomic E-state index is -0.510. The van der Waals surface area contributed by atoms with E-state index >= 15 is 0 Å². The van der Waals surface area contributed by atoms with Crippen LogP contribution >= 0.6 is 11.6 Å². The Morgan fingerprint density at radius 2 is 1.67 bits per heavy atom. The van der Waals surface area contributed by atoms with Crippen molar-refractivity contribution < 1.29 is 9.59 Å². The van der Waals surface area contributed by atoms with E-state index in [1.54, 1.807) is 24.1 Å². The summed E-state index contributed by atoms with van der Waals surface area (Å²) in [5.41, 5.74) is 4.25. The maximum Gasteiger partial charge on any atom is 0.242 e. The van der Waals surface area contributed by atoms with Crippen LogP contribution in [0.1, 0.15) is 35.6 Å². The van der Waals surface area contributed by atoms with Crippen molar-refractivity contribution in [2.75, 3.05) is 7.05 Å². The molecular formula is C22H27ClN2O2. The number of carbonyl (C=O) groups is 2. The van der Waals surface area contributed by atoms with Crippen LogP contribution in [0.15, 0.2) is 42.5 Å². The largest absolute Gasteiger partial charge is 0.357 e. The number of carbonyl (C=O) groups excluding carboxylic acids is 2. The predicted molar refractivity (Wildman–Crippen MR) is 110 cm³/mol. The Labute approximate surface area is 166 Å². The summed E-state index contributed by atoms with van der Waals surface area (Å²) in [6, 6.07) is 12.9. The van der Waals surface area contributed by atoms with E-state index in [4.69, 9.17) is 11.6 Å². The molecule has 1 unspecified atom stereocenters. The van der Waals surface area contributed by atoms with Crippen molar-refractivity contribution in [1.82, 2.24) is 10.2 Å². The highest BCUT2D eigenvalue weighted by Crippen LogP contribution is 2.17. The molecule has 2 aromatic rings. The van der Waals surface area contributed by atoms with Gasteiger partial charge in [-0.15, -0.1) is 0 Å². The highest BCUT2D eigenvalue weighted by molar-refractivity contribution is 6.30. The predicted octanol–water partition coefficient (Wildman–Crippen LogP) is 4.05. The van der Waals surface area contributed by atoms with Gasteiger partial charge < -0.3 is 10.2 Å². The maximum atomic E-state index is 13.1. The quantitative estimate of drug-likeness (QED) is 0.780. The fraction of sp³-hybridized carbons (Fsp3) is 0.364. The lowest BCUT2D eigenvalue weighted by Crippen LogP contribution is -2.48. The third kappa shape index (κ3) is 5.57. The third-order valence-corrected chi connectivity index (χ3v) is 5.08. The van der Waals surface area contributed by atoms with Gasteiger partial charge in [-0.2, -0.15) is 0 Å². The second-order valence-electron chi connectivity index (χ2n) is 6.78. The van der Waals surface area contributed by atoms with E-state index in [-0.39, 0.29) is 18.2 Å². The van der Waals surface area contributed by atoms with Gasteiger partial charge in [-0.3, -0.25) is 9.59 Å². The van der Waals surface area contributed by atoms with Crippen molar-refractivity contribution >= 4 is 23.4 Å². The minimum absolute atomic E-state index is 0.0661. The van der Waals surface area contributed by atoms with E-state index in [2.05, 4.69) is 5.32 Å². The summed E-state index contributed by atoms with van der Waals surface area (Å²) >= 11 is 5.96. The summed E-state index contributed by atoms with van der Waals surface area (Å²) < 4.78 is 0. The molecule has 0 fully saturated rings. The number of hydrogen-bond donors (Lipinski definition) is 1. The van der Waals surface area contributed by atoms with E-state index < -0.39 is 6.04 Å². The first-order valence-corrected chi connectivity index (χ1v) is 9.55. The van der Waals surface area contributed by atoms with Crippen LogP contribution in [0.4, 0.5) is 0 Å². The Hall–Kier alpha value is -2.33. The summed E-state index contributed by atoms with van der Waals surface area (Å²) in [5.74, 6) is -0.219. The average molecular weight is 387 g/mol. The van der Waals surface area contributed by atoms with Crippen LogP contribution in [-0.2, 0) is 22.6 Å². The number of halogens is 1. The molecule has 0 bridgehead atoms. The molecule has 0 saturated heterocycles. The Morgan fingerprint density at radius 1 is 1.04 bits per heavy atom. The topological polar surface area (TPSA) is 49.4 Å². The molecule has 0 aliphatic heterocycles. The smallest absolute Gasteiger partial charge is 0.242 e. The minimum Gasteiger partial charge on any atom is -0.357 e. The van der Waals surface area contributed by atoms with Crippen molar-refractivity contribution in [3.8, 4) is 0 Å². The second kappa shape index (κ2) is 9.56. The maximum absolute atomic E-state index is 13.1. The molecule has 4 nitrogen and oxygen atoms in total. The number of amides is 2. The molecule has 0 aliphatic rings. The van der Waals surface area contributed by atoms with Gasteiger partial charge in [0.05, 0.1) is 6.42 Å². The van der Waals surface area contributed by atoms with E-state index in [9.17, 15) is 9.59 Å². The Balaban J connectivity index is 2.28. The summed E-state index contributed by atoms with van der Waals surface area (Å²) in [6.45, 7) is 6.37. The number of nitrogens with zero attached hydrogens (tertiary/aromatic N) is 1. The molecular weight excluding hydrogens is 360 g/mol. The molecule has 0 saturated carbocycles. The van der Waals surface area contributed by atoms with Gasteiger partial charge in [0.25, 0.3) is 0 Å². The summed E-state index contributed by atoms with van der Waals surface area (Å²) in [4.78, 5) is 27.1. The fourth-order valence-corrected chi connectivity index (χ4v) is 3.19. The first-order chi connectivity index (χ1) is 12.8. The monoisotopic (exact) mass is 386 g/mol. The zero-order valence-electron chi connectivity index (χ0n) is 16.4. The number of likely N-dealkylation sites (N-methyl/N-ethyl adjacent to an activating group) is 1. The highest BCUT2D eigenvalue weighted by Gasteiger charge is 2.28. The first kappa shape index (κ1) is 21.0. The van der Waals surface area contributed by atoms with Crippen LogP contribution in [0, 0.1) is 13.8 Å². The molecule has 27 heavy (non-hydrogen) atoms. The van der Waals surface area contributed by atoms with Crippen molar-refractivity contribution in [2.24, 2.45) is 0 Å². The van der Waals surface area contributed by atoms with Gasteiger partial charge in [-0.1, -0.05) is 48.9 Å². The molecule has 0 heterocycles. The Bertz CT molecular complexity index is 802. The van der Waals surface area contributed by atoms with Crippen molar-refractivity contribution in [3.05, 3.63) is 69.7 Å². The first-order valence-electron chi connectivity index (χ1n) is 9.17. The Kier molecular flexibility index (Phi) is 7.43. The lowest BCUT2D eigenvalue weighted by molar-refractivity contribution is -0.140. The highest BCUT2D eigenvalue weighted by atomic mass is 35.5. The zero-order valence-corrected chi connectivity index (χ0v) is 17.1. The number of nitrogens with one attached hydrogen (secondary N) is 1. The SMILES string of the molecule is CCC(C(=O)NC)N(Cc1ccc(Cl)cc1)C(=O)Cc1ccc(C)c(C)c1. The molecule has 0 spiro atoms. The average Bonchev–Trinajstić information content (AvgIpc) is 2.65. The van der Waals surface area contributed by atoms with Gasteiger partial charge >= 0.3 is 0 Å². The van der Waals surface area contributed by atoms with E-state index in [1.807, 2.05) is 51.1 Å². The molecule has 2 aromatic carbocycles. The fourth-order valence-electron chi connectivity index (χ4n) is 3.06. The van der Waals surface area contributed by atoms with Crippen LogP contribution in [0.3, 0.4) is 0 Å². The van der Waals surface area contributed by atoms with Crippen LogP contribution in [0.25, 0.3) is 0 Å². The molecule has 1 atom stereocenters. The molecule has 1 N–H and O–H groups in total. The molecule has 0 radical (unpaired) electrons. The lowest BCUT2D eigenvalue weighted by Gasteiger charge is -2.30. The van der Waals surface area contributed by atoms with E-state index in [1.165, 1.54) is 5.56 Å². The number of benzene rings is 2. The molecule has 0 aromatic heterocycles. The van der Waals surface area contributed by atoms with Gasteiger partial charge in [-0.05, 0) is 54.7 Å². The lowest BCUT2D eigenvalue weighted by atomic mass is 10.0. The summed E-state index contributed by atoms with van der Waals surface area (Å²) in [5, 5.41) is 3.32. The van der Waals surface area contributed by atoms with Gasteiger partial charge in [-0.25, -0.2) is 0 Å². The number of hydrogen-bond acceptors (Lipinski definition) is 2. The third-order valence-electron chi connectivity index (χ3n) is 4.83. The molecule has 2 amide bonds. The van der Waals surface area contributed by atoms with Crippen molar-refractivity contribution in [3.63, 3.8) is 0 Å². The summed E-state index contributed by atoms with van der Waals surface area (Å²) in [7, 11) is 1.60. The number of aryl methyl sites for hydroxylation is 2. The second-order valence-corrected chi connectivity index (χ2v) is 7.22. The van der Waals surface area contributed by atoms with Gasteiger partial charge in [0, 0.05) is 18.6 Å². The molecule has 144 valence electrons.